The van der Waals surface area contributed by atoms with Crippen LogP contribution in [0.1, 0.15) is 154 Å². The molecule has 0 amide bonds. The van der Waals surface area contributed by atoms with Gasteiger partial charge in [-0.1, -0.05) is 172 Å². The third kappa shape index (κ3) is 24.5. The fourth-order valence-corrected chi connectivity index (χ4v) is 5.77. The zero-order chi connectivity index (χ0) is 25.3. The van der Waals surface area contributed by atoms with Crippen molar-refractivity contribution in [2.24, 2.45) is 0 Å². The van der Waals surface area contributed by atoms with Crippen LogP contribution < -0.4 is 0 Å². The van der Waals surface area contributed by atoms with Gasteiger partial charge in [-0.2, -0.15) is 8.42 Å². The van der Waals surface area contributed by atoms with Gasteiger partial charge in [0.2, 0.25) is 0 Å². The molecule has 0 aliphatic heterocycles. The Labute approximate surface area is 247 Å². The fraction of sp³-hybridized carbons (Fsp3) is 0.806. The second-order valence-electron chi connectivity index (χ2n) is 10.4. The average molecular weight is 532 g/mol. The summed E-state index contributed by atoms with van der Waals surface area (Å²) in [5.41, 5.74) is 0.779. The van der Waals surface area contributed by atoms with Crippen LogP contribution in [0.25, 0.3) is 0 Å². The van der Waals surface area contributed by atoms with Crippen molar-refractivity contribution in [3.05, 3.63) is 35.9 Å². The van der Waals surface area contributed by atoms with Gasteiger partial charge >= 0.3 is 0 Å². The maximum atomic E-state index is 12.0. The molecule has 1 radical (unpaired) electrons. The molecule has 0 aliphatic rings. The third-order valence-electron chi connectivity index (χ3n) is 6.95. The van der Waals surface area contributed by atoms with Crippen molar-refractivity contribution in [1.29, 1.82) is 0 Å². The van der Waals surface area contributed by atoms with E-state index in [1.165, 1.54) is 128 Å². The van der Waals surface area contributed by atoms with Crippen LogP contribution in [-0.2, 0) is 20.1 Å². The van der Waals surface area contributed by atoms with E-state index < -0.39 is 10.1 Å². The van der Waals surface area contributed by atoms with Gasteiger partial charge in [0.05, 0.1) is 6.61 Å². The summed E-state index contributed by atoms with van der Waals surface area (Å²) in [6.45, 7) is 2.60. The predicted octanol–water partition coefficient (Wildman–Crippen LogP) is 9.75. The van der Waals surface area contributed by atoms with Crippen LogP contribution >= 0.6 is 0 Å². The van der Waals surface area contributed by atoms with Gasteiger partial charge in [-0.15, -0.1) is 0 Å². The molecule has 0 saturated carbocycles. The monoisotopic (exact) mass is 531 g/mol. The zero-order valence-corrected chi connectivity index (χ0v) is 26.8. The molecule has 0 heterocycles. The number of rotatable bonds is 26. The van der Waals surface area contributed by atoms with E-state index in [0.29, 0.717) is 6.61 Å². The Morgan fingerprint density at radius 3 is 1.22 bits per heavy atom. The van der Waals surface area contributed by atoms with E-state index in [1.807, 2.05) is 30.3 Å². The summed E-state index contributed by atoms with van der Waals surface area (Å²) in [5, 5.41) is 0. The predicted molar refractivity (Wildman–Crippen MR) is 158 cm³/mol. The summed E-state index contributed by atoms with van der Waals surface area (Å²) in [7, 11) is -3.46. The summed E-state index contributed by atoms with van der Waals surface area (Å²) < 4.78 is 29.1. The normalized spacial score (nSPS) is 11.5. The summed E-state index contributed by atoms with van der Waals surface area (Å²) in [6.07, 6.45) is 29.8. The smallest absolute Gasteiger partial charge is 0.270 e. The molecule has 0 aliphatic carbocycles. The number of hydrogen-bond acceptors (Lipinski definition) is 3. The summed E-state index contributed by atoms with van der Waals surface area (Å²) >= 11 is 0. The first-order valence-corrected chi connectivity index (χ1v) is 16.6. The molecule has 0 atom stereocenters. The largest absolute Gasteiger partial charge is 0.271 e. The van der Waals surface area contributed by atoms with Crippen molar-refractivity contribution in [3.63, 3.8) is 0 Å². The van der Waals surface area contributed by atoms with Crippen molar-refractivity contribution >= 4 is 39.7 Å². The van der Waals surface area contributed by atoms with Gasteiger partial charge < -0.3 is 0 Å². The second-order valence-corrected chi connectivity index (χ2v) is 12.1. The molecule has 1 aromatic rings. The molecule has 0 saturated heterocycles. The summed E-state index contributed by atoms with van der Waals surface area (Å²) in [4.78, 5) is 0. The Kier molecular flexibility index (Phi) is 26.8. The van der Waals surface area contributed by atoms with Crippen molar-refractivity contribution in [3.8, 4) is 0 Å². The molecule has 0 spiro atoms. The fourth-order valence-electron chi connectivity index (χ4n) is 4.72. The van der Waals surface area contributed by atoms with Crippen LogP contribution in [0.2, 0.25) is 0 Å². The molecule has 36 heavy (non-hydrogen) atoms. The van der Waals surface area contributed by atoms with Crippen LogP contribution in [0.5, 0.6) is 0 Å². The Bertz CT molecular complexity index is 664. The van der Waals surface area contributed by atoms with E-state index in [1.54, 1.807) is 0 Å². The molecule has 5 heteroatoms. The van der Waals surface area contributed by atoms with Gasteiger partial charge in [-0.3, -0.25) is 4.18 Å². The second kappa shape index (κ2) is 26.7. The molecule has 0 bridgehead atoms. The van der Waals surface area contributed by atoms with Gasteiger partial charge in [0.15, 0.2) is 0 Å². The van der Waals surface area contributed by atoms with Gasteiger partial charge in [0, 0.05) is 29.6 Å². The molecular weight excluding hydrogens is 475 g/mol. The van der Waals surface area contributed by atoms with E-state index in [-0.39, 0.29) is 35.3 Å². The average Bonchev–Trinajstić information content (AvgIpc) is 2.85. The minimum absolute atomic E-state index is 0. The third-order valence-corrected chi connectivity index (χ3v) is 8.16. The Morgan fingerprint density at radius 1 is 0.528 bits per heavy atom. The van der Waals surface area contributed by atoms with Crippen molar-refractivity contribution in [2.75, 3.05) is 6.61 Å². The van der Waals surface area contributed by atoms with E-state index in [0.717, 1.165) is 18.4 Å². The van der Waals surface area contributed by atoms with Gasteiger partial charge in [-0.25, -0.2) is 0 Å². The van der Waals surface area contributed by atoms with Crippen LogP contribution in [0.3, 0.4) is 0 Å². The minimum atomic E-state index is -3.46. The first kappa shape index (κ1) is 36.1. The quantitative estimate of drug-likeness (QED) is 0.0679. The standard InChI is InChI=1S/C31H56O3S.Na/c1-2-3-4-5-6-7-8-9-10-11-12-13-14-15-16-17-18-19-20-21-22-26-29-34-35(32,33)30-31-27-24-23-25-28-31;/h23-25,27-28H,2-22,26,29-30H2,1H3;. The van der Waals surface area contributed by atoms with E-state index in [9.17, 15) is 8.42 Å². The minimum Gasteiger partial charge on any atom is -0.270 e. The van der Waals surface area contributed by atoms with Gasteiger partial charge in [0.25, 0.3) is 10.1 Å². The van der Waals surface area contributed by atoms with Crippen LogP contribution in [-0.4, -0.2) is 44.6 Å². The molecule has 0 fully saturated rings. The first-order chi connectivity index (χ1) is 17.1. The molecule has 0 unspecified atom stereocenters. The SMILES string of the molecule is CCCCCCCCCCCCCCCCCCCCCCCCOS(=O)(=O)Cc1ccccc1.[Na]. The maximum absolute atomic E-state index is 12.0. The molecular formula is C31H56NaO3S. The Hall–Kier alpha value is 0.130. The number of hydrogen-bond donors (Lipinski definition) is 0. The molecule has 1 rings (SSSR count). The number of benzene rings is 1. The molecule has 0 aromatic heterocycles. The molecule has 3 nitrogen and oxygen atoms in total. The van der Waals surface area contributed by atoms with Crippen LogP contribution in [0.15, 0.2) is 30.3 Å². The maximum Gasteiger partial charge on any atom is 0.271 e. The van der Waals surface area contributed by atoms with Crippen molar-refractivity contribution < 1.29 is 12.6 Å². The van der Waals surface area contributed by atoms with E-state index >= 15 is 0 Å². The first-order valence-electron chi connectivity index (χ1n) is 15.0. The Balaban J connectivity index is 0.0000122. The zero-order valence-electron chi connectivity index (χ0n) is 24.0. The molecule has 205 valence electrons. The van der Waals surface area contributed by atoms with Crippen molar-refractivity contribution in [1.82, 2.24) is 0 Å². The van der Waals surface area contributed by atoms with E-state index in [4.69, 9.17) is 4.18 Å². The van der Waals surface area contributed by atoms with Gasteiger partial charge in [0.1, 0.15) is 5.75 Å². The van der Waals surface area contributed by atoms with E-state index in [2.05, 4.69) is 6.92 Å². The summed E-state index contributed by atoms with van der Waals surface area (Å²) in [5.74, 6) is -0.0346. The van der Waals surface area contributed by atoms with Crippen LogP contribution in [0, 0.1) is 0 Å². The number of unbranched alkanes of at least 4 members (excludes halogenated alkanes) is 21. The topological polar surface area (TPSA) is 43.4 Å². The summed E-state index contributed by atoms with van der Waals surface area (Å²) in [6, 6.07) is 9.23. The molecule has 0 N–H and O–H groups in total. The van der Waals surface area contributed by atoms with Crippen LogP contribution in [0.4, 0.5) is 0 Å². The van der Waals surface area contributed by atoms with Crippen molar-refractivity contribution in [2.45, 2.75) is 154 Å². The molecule has 1 aromatic carbocycles. The Morgan fingerprint density at radius 2 is 0.861 bits per heavy atom. The van der Waals surface area contributed by atoms with Gasteiger partial charge in [-0.05, 0) is 12.0 Å².